The number of amides is 3. The molecule has 0 aromatic heterocycles. The lowest BCUT2D eigenvalue weighted by atomic mass is 9.62. The molecule has 8 nitrogen and oxygen atoms in total. The molecule has 3 aliphatic rings. The van der Waals surface area contributed by atoms with E-state index < -0.39 is 29.1 Å². The van der Waals surface area contributed by atoms with Crippen molar-refractivity contribution in [1.82, 2.24) is 4.90 Å². The molecule has 202 valence electrons. The third kappa shape index (κ3) is 4.28. The molecule has 3 heterocycles. The van der Waals surface area contributed by atoms with Gasteiger partial charge in [-0.25, -0.2) is 0 Å². The highest BCUT2D eigenvalue weighted by atomic mass is 35.5. The fourth-order valence-electron chi connectivity index (χ4n) is 6.76. The minimum absolute atomic E-state index is 0.0528. The van der Waals surface area contributed by atoms with Crippen molar-refractivity contribution in [2.45, 2.75) is 56.8 Å². The number of carbonyl (C=O) groups is 3. The monoisotopic (exact) mass is 539 g/mol. The zero-order valence-electron chi connectivity index (χ0n) is 21.7. The number of aliphatic hydroxyl groups is 1. The molecule has 3 N–H and O–H groups in total. The lowest BCUT2D eigenvalue weighted by Gasteiger charge is -2.36. The number of unbranched alkanes of at least 4 members (excludes halogenated alkanes) is 2. The first-order chi connectivity index (χ1) is 18.2. The van der Waals surface area contributed by atoms with E-state index in [4.69, 9.17) is 16.3 Å². The van der Waals surface area contributed by atoms with Crippen molar-refractivity contribution in [3.8, 4) is 0 Å². The van der Waals surface area contributed by atoms with Gasteiger partial charge in [0.25, 0.3) is 0 Å². The molecule has 0 saturated carbocycles. The van der Waals surface area contributed by atoms with Crippen molar-refractivity contribution in [2.24, 2.45) is 17.8 Å². The van der Waals surface area contributed by atoms with Gasteiger partial charge in [-0.05, 0) is 62.8 Å². The van der Waals surface area contributed by atoms with Crippen molar-refractivity contribution in [2.75, 3.05) is 23.8 Å². The van der Waals surface area contributed by atoms with E-state index in [9.17, 15) is 19.5 Å². The Kier molecular flexibility index (Phi) is 7.24. The average Bonchev–Trinajstić information content (AvgIpc) is 3.40. The molecule has 2 bridgehead atoms. The maximum Gasteiger partial charge on any atom is 0.250 e. The Bertz CT molecular complexity index is 1230. The normalized spacial score (nSPS) is 31.4. The Balaban J connectivity index is 1.51. The number of fused-ring (bicyclic) bond motifs is 1. The number of nitrogens with zero attached hydrogens (tertiary/aromatic N) is 1. The number of halogens is 1. The summed E-state index contributed by atoms with van der Waals surface area (Å²) in [6, 6.07) is 15.2. The summed E-state index contributed by atoms with van der Waals surface area (Å²) in [7, 11) is 0. The van der Waals surface area contributed by atoms with Crippen LogP contribution in [0.2, 0.25) is 5.02 Å². The molecule has 3 aliphatic heterocycles. The van der Waals surface area contributed by atoms with Crippen LogP contribution in [0.4, 0.5) is 11.4 Å². The zero-order chi connectivity index (χ0) is 27.1. The maximum atomic E-state index is 14.1. The highest BCUT2D eigenvalue weighted by molar-refractivity contribution is 6.33. The highest BCUT2D eigenvalue weighted by Gasteiger charge is 2.79. The van der Waals surface area contributed by atoms with Gasteiger partial charge in [-0.2, -0.15) is 0 Å². The molecule has 1 spiro atoms. The van der Waals surface area contributed by atoms with E-state index in [0.717, 1.165) is 0 Å². The Morgan fingerprint density at radius 3 is 2.47 bits per heavy atom. The molecule has 6 atom stereocenters. The van der Waals surface area contributed by atoms with Gasteiger partial charge in [0.05, 0.1) is 28.1 Å². The number of ether oxygens (including phenoxy) is 1. The number of rotatable bonds is 9. The number of aliphatic hydroxyl groups excluding tert-OH is 1. The number of likely N-dealkylation sites (tertiary alicyclic amines) is 1. The highest BCUT2D eigenvalue weighted by Crippen LogP contribution is 2.65. The van der Waals surface area contributed by atoms with Gasteiger partial charge in [-0.3, -0.25) is 14.4 Å². The van der Waals surface area contributed by atoms with Crippen LogP contribution in [0.1, 0.15) is 39.5 Å². The first kappa shape index (κ1) is 26.7. The molecule has 9 heteroatoms. The summed E-state index contributed by atoms with van der Waals surface area (Å²) in [5.74, 6) is -2.49. The molecule has 0 aliphatic carbocycles. The van der Waals surface area contributed by atoms with Gasteiger partial charge >= 0.3 is 0 Å². The van der Waals surface area contributed by atoms with Crippen LogP contribution in [-0.2, 0) is 19.1 Å². The minimum atomic E-state index is -1.13. The van der Waals surface area contributed by atoms with Gasteiger partial charge in [0.15, 0.2) is 0 Å². The van der Waals surface area contributed by atoms with Crippen molar-refractivity contribution < 1.29 is 24.2 Å². The summed E-state index contributed by atoms with van der Waals surface area (Å²) in [6.07, 6.45) is 2.44. The molecule has 2 aromatic carbocycles. The van der Waals surface area contributed by atoms with Crippen LogP contribution < -0.4 is 10.6 Å². The predicted octanol–water partition coefficient (Wildman–Crippen LogP) is 4.09. The van der Waals surface area contributed by atoms with E-state index >= 15 is 0 Å². The van der Waals surface area contributed by atoms with Crippen molar-refractivity contribution >= 4 is 40.7 Å². The number of nitrogens with one attached hydrogen (secondary N) is 2. The Morgan fingerprint density at radius 2 is 1.76 bits per heavy atom. The molecule has 38 heavy (non-hydrogen) atoms. The zero-order valence-corrected chi connectivity index (χ0v) is 22.4. The van der Waals surface area contributed by atoms with Gasteiger partial charge in [0.1, 0.15) is 11.6 Å². The number of para-hydroxylation sites is 2. The largest absolute Gasteiger partial charge is 0.396 e. The fraction of sp³-hybridized carbons (Fsp3) is 0.483. The molecule has 5 rings (SSSR count). The fourth-order valence-corrected chi connectivity index (χ4v) is 6.94. The summed E-state index contributed by atoms with van der Waals surface area (Å²) in [6.45, 7) is 4.31. The number of anilines is 2. The second-order valence-corrected chi connectivity index (χ2v) is 11.3. The lowest BCUT2D eigenvalue weighted by Crippen LogP contribution is -2.54. The smallest absolute Gasteiger partial charge is 0.250 e. The van der Waals surface area contributed by atoms with Gasteiger partial charge in [-0.1, -0.05) is 48.9 Å². The lowest BCUT2D eigenvalue weighted by molar-refractivity contribution is -0.144. The Labute approximate surface area is 227 Å². The molecular formula is C29H34ClN3O5. The van der Waals surface area contributed by atoms with Crippen LogP contribution in [0.15, 0.2) is 54.6 Å². The molecule has 0 radical (unpaired) electrons. The van der Waals surface area contributed by atoms with Crippen molar-refractivity contribution in [3.63, 3.8) is 0 Å². The van der Waals surface area contributed by atoms with Gasteiger partial charge in [-0.15, -0.1) is 0 Å². The van der Waals surface area contributed by atoms with Crippen LogP contribution in [-0.4, -0.2) is 58.1 Å². The van der Waals surface area contributed by atoms with E-state index in [2.05, 4.69) is 10.6 Å². The molecule has 3 saturated heterocycles. The van der Waals surface area contributed by atoms with E-state index in [1.807, 2.05) is 32.0 Å². The standard InChI is InChI=1S/C29H34ClN3O5/c1-18-17-29-23(22(28(18,2)38-29)25(35)31-19-11-5-3-6-12-19)27(37)33(15-9-4-10-16-34)24(29)26(36)32-21-14-8-7-13-20(21)30/h3,5-8,11-14,18,22-24,34H,4,9-10,15-17H2,1-2H3,(H,31,35)(H,32,36)/t18?,22-,23-,24?,28+,29?/m0/s1. The summed E-state index contributed by atoms with van der Waals surface area (Å²) in [5.41, 5.74) is -0.932. The SMILES string of the molecule is CC1CC23O[C@@]1(C)[C@H](C(=O)Nc1ccccc1)[C@H]2C(=O)N(CCCCCO)C3C(=O)Nc1ccccc1Cl. The molecule has 3 fully saturated rings. The number of hydrogen-bond donors (Lipinski definition) is 3. The minimum Gasteiger partial charge on any atom is -0.396 e. The van der Waals surface area contributed by atoms with Crippen LogP contribution in [0.25, 0.3) is 0 Å². The van der Waals surface area contributed by atoms with E-state index in [-0.39, 0.29) is 30.2 Å². The molecular weight excluding hydrogens is 506 g/mol. The summed E-state index contributed by atoms with van der Waals surface area (Å²) >= 11 is 6.33. The van der Waals surface area contributed by atoms with E-state index in [1.165, 1.54) is 0 Å². The third-order valence-electron chi connectivity index (χ3n) is 8.58. The van der Waals surface area contributed by atoms with Gasteiger partial charge in [0.2, 0.25) is 17.7 Å². The van der Waals surface area contributed by atoms with E-state index in [1.54, 1.807) is 41.3 Å². The second kappa shape index (κ2) is 10.3. The maximum absolute atomic E-state index is 14.1. The summed E-state index contributed by atoms with van der Waals surface area (Å²) in [5, 5.41) is 15.5. The number of hydrogen-bond acceptors (Lipinski definition) is 5. The topological polar surface area (TPSA) is 108 Å². The number of carbonyl (C=O) groups excluding carboxylic acids is 3. The van der Waals surface area contributed by atoms with E-state index in [0.29, 0.717) is 48.6 Å². The van der Waals surface area contributed by atoms with Crippen molar-refractivity contribution in [3.05, 3.63) is 59.6 Å². The van der Waals surface area contributed by atoms with Gasteiger partial charge < -0.3 is 25.4 Å². The average molecular weight is 540 g/mol. The Morgan fingerprint density at radius 1 is 1.05 bits per heavy atom. The summed E-state index contributed by atoms with van der Waals surface area (Å²) < 4.78 is 6.73. The van der Waals surface area contributed by atoms with Gasteiger partial charge in [0, 0.05) is 18.8 Å². The second-order valence-electron chi connectivity index (χ2n) is 10.8. The van der Waals surface area contributed by atoms with Crippen molar-refractivity contribution in [1.29, 1.82) is 0 Å². The molecule has 3 amide bonds. The number of benzene rings is 2. The van der Waals surface area contributed by atoms with Crippen LogP contribution in [0, 0.1) is 17.8 Å². The Hall–Kier alpha value is -2.94. The first-order valence-corrected chi connectivity index (χ1v) is 13.6. The first-order valence-electron chi connectivity index (χ1n) is 13.3. The molecule has 3 unspecified atom stereocenters. The quantitative estimate of drug-likeness (QED) is 0.416. The van der Waals surface area contributed by atoms with Crippen LogP contribution in [0.5, 0.6) is 0 Å². The summed E-state index contributed by atoms with van der Waals surface area (Å²) in [4.78, 5) is 43.4. The van der Waals surface area contributed by atoms with Crippen LogP contribution >= 0.6 is 11.6 Å². The third-order valence-corrected chi connectivity index (χ3v) is 8.91. The van der Waals surface area contributed by atoms with Crippen LogP contribution in [0.3, 0.4) is 0 Å². The predicted molar refractivity (Wildman–Crippen MR) is 145 cm³/mol. The molecule has 2 aromatic rings.